The summed E-state index contributed by atoms with van der Waals surface area (Å²) in [4.78, 5) is 27.6. The lowest BCUT2D eigenvalue weighted by Gasteiger charge is -2.29. The summed E-state index contributed by atoms with van der Waals surface area (Å²) in [5.74, 6) is 0.496. The Hall–Kier alpha value is -2.18. The van der Waals surface area contributed by atoms with Gasteiger partial charge in [-0.3, -0.25) is 4.79 Å². The highest BCUT2D eigenvalue weighted by atomic mass is 35.5. The number of amides is 1. The van der Waals surface area contributed by atoms with Crippen molar-refractivity contribution in [3.8, 4) is 5.75 Å². The third-order valence-corrected chi connectivity index (χ3v) is 6.11. The summed E-state index contributed by atoms with van der Waals surface area (Å²) in [6.45, 7) is 2.27. The van der Waals surface area contributed by atoms with Gasteiger partial charge in [0, 0.05) is 21.9 Å². The van der Waals surface area contributed by atoms with Gasteiger partial charge in [-0.05, 0) is 36.8 Å². The average Bonchev–Trinajstić information content (AvgIpc) is 3.16. The maximum atomic E-state index is 13.4. The number of benzene rings is 2. The van der Waals surface area contributed by atoms with Crippen molar-refractivity contribution in [3.05, 3.63) is 64.7 Å². The third-order valence-electron chi connectivity index (χ3n) is 4.46. The van der Waals surface area contributed by atoms with Crippen molar-refractivity contribution in [2.75, 3.05) is 19.5 Å². The van der Waals surface area contributed by atoms with E-state index in [2.05, 4.69) is 0 Å². The summed E-state index contributed by atoms with van der Waals surface area (Å²) in [6.07, 6.45) is 0.728. The molecule has 0 saturated carbocycles. The molecule has 1 aliphatic heterocycles. The Morgan fingerprint density at radius 1 is 1.18 bits per heavy atom. The van der Waals surface area contributed by atoms with Crippen LogP contribution in [0.3, 0.4) is 0 Å². The molecule has 5 nitrogen and oxygen atoms in total. The van der Waals surface area contributed by atoms with Crippen LogP contribution < -0.4 is 4.74 Å². The molecule has 2 unspecified atom stereocenters. The average molecular weight is 420 g/mol. The van der Waals surface area contributed by atoms with E-state index in [0.29, 0.717) is 28.7 Å². The van der Waals surface area contributed by atoms with Crippen molar-refractivity contribution < 1.29 is 19.1 Å². The van der Waals surface area contributed by atoms with Gasteiger partial charge in [-0.1, -0.05) is 36.7 Å². The number of methoxy groups -OCH3 is 1. The summed E-state index contributed by atoms with van der Waals surface area (Å²) >= 11 is 7.90. The van der Waals surface area contributed by atoms with Gasteiger partial charge in [0.1, 0.15) is 17.2 Å². The molecule has 0 spiro atoms. The lowest BCUT2D eigenvalue weighted by Crippen LogP contribution is -2.44. The molecular formula is C21H22ClNO4S. The lowest BCUT2D eigenvalue weighted by molar-refractivity contribution is -0.148. The van der Waals surface area contributed by atoms with E-state index in [9.17, 15) is 9.59 Å². The Balaban J connectivity index is 1.95. The van der Waals surface area contributed by atoms with Gasteiger partial charge in [-0.25, -0.2) is 4.79 Å². The van der Waals surface area contributed by atoms with Crippen molar-refractivity contribution in [1.82, 2.24) is 4.90 Å². The maximum absolute atomic E-state index is 13.4. The Morgan fingerprint density at radius 2 is 1.89 bits per heavy atom. The van der Waals surface area contributed by atoms with Crippen LogP contribution in [-0.2, 0) is 9.53 Å². The number of halogens is 1. The van der Waals surface area contributed by atoms with Crippen molar-refractivity contribution in [3.63, 3.8) is 0 Å². The molecule has 7 heteroatoms. The predicted octanol–water partition coefficient (Wildman–Crippen LogP) is 4.56. The van der Waals surface area contributed by atoms with Gasteiger partial charge in [0.05, 0.1) is 13.7 Å². The van der Waals surface area contributed by atoms with Crippen LogP contribution in [0.5, 0.6) is 5.75 Å². The van der Waals surface area contributed by atoms with Crippen LogP contribution in [-0.4, -0.2) is 42.3 Å². The van der Waals surface area contributed by atoms with E-state index in [1.165, 1.54) is 11.8 Å². The molecule has 2 atom stereocenters. The van der Waals surface area contributed by atoms with Gasteiger partial charge in [0.15, 0.2) is 0 Å². The highest BCUT2D eigenvalue weighted by Crippen LogP contribution is 2.44. The van der Waals surface area contributed by atoms with E-state index in [1.807, 2.05) is 25.1 Å². The fourth-order valence-corrected chi connectivity index (χ4v) is 4.79. The van der Waals surface area contributed by atoms with Crippen molar-refractivity contribution in [2.24, 2.45) is 0 Å². The summed E-state index contributed by atoms with van der Waals surface area (Å²) in [7, 11) is 1.57. The van der Waals surface area contributed by atoms with E-state index in [1.54, 1.807) is 42.3 Å². The largest absolute Gasteiger partial charge is 0.497 e. The minimum absolute atomic E-state index is 0.240. The van der Waals surface area contributed by atoms with E-state index in [-0.39, 0.29) is 17.3 Å². The van der Waals surface area contributed by atoms with Crippen molar-refractivity contribution in [1.29, 1.82) is 0 Å². The van der Waals surface area contributed by atoms with Crippen LogP contribution in [0, 0.1) is 0 Å². The molecule has 1 aliphatic rings. The smallest absolute Gasteiger partial charge is 0.329 e. The third kappa shape index (κ3) is 4.28. The van der Waals surface area contributed by atoms with Crippen molar-refractivity contribution >= 4 is 35.2 Å². The summed E-state index contributed by atoms with van der Waals surface area (Å²) < 4.78 is 10.5. The monoisotopic (exact) mass is 419 g/mol. The minimum atomic E-state index is -0.660. The highest BCUT2D eigenvalue weighted by Gasteiger charge is 2.44. The number of esters is 1. The molecule has 28 heavy (non-hydrogen) atoms. The van der Waals surface area contributed by atoms with Crippen LogP contribution >= 0.6 is 23.4 Å². The minimum Gasteiger partial charge on any atom is -0.497 e. The molecule has 0 N–H and O–H groups in total. The van der Waals surface area contributed by atoms with Gasteiger partial charge < -0.3 is 14.4 Å². The first-order valence-corrected chi connectivity index (χ1v) is 10.5. The SMILES string of the molecule is CCCOC(=O)C1CSC(c2ccccc2Cl)N1C(=O)c1ccc(OC)cc1. The Morgan fingerprint density at radius 3 is 2.54 bits per heavy atom. The fraction of sp³-hybridized carbons (Fsp3) is 0.333. The van der Waals surface area contributed by atoms with Crippen LogP contribution in [0.2, 0.25) is 5.02 Å². The van der Waals surface area contributed by atoms with Gasteiger partial charge in [0.25, 0.3) is 5.91 Å². The summed E-state index contributed by atoms with van der Waals surface area (Å²) in [5.41, 5.74) is 1.29. The van der Waals surface area contributed by atoms with Gasteiger partial charge in [0.2, 0.25) is 0 Å². The van der Waals surface area contributed by atoms with E-state index in [4.69, 9.17) is 21.1 Å². The Bertz CT molecular complexity index is 843. The van der Waals surface area contributed by atoms with Crippen LogP contribution in [0.25, 0.3) is 0 Å². The molecule has 0 bridgehead atoms. The number of nitrogens with zero attached hydrogens (tertiary/aromatic N) is 1. The molecule has 3 rings (SSSR count). The zero-order valence-corrected chi connectivity index (χ0v) is 17.3. The molecule has 0 aliphatic carbocycles. The summed E-state index contributed by atoms with van der Waals surface area (Å²) in [6, 6.07) is 13.6. The van der Waals surface area contributed by atoms with Gasteiger partial charge in [-0.2, -0.15) is 0 Å². The molecule has 0 radical (unpaired) electrons. The number of carbonyl (C=O) groups excluding carboxylic acids is 2. The highest BCUT2D eigenvalue weighted by molar-refractivity contribution is 7.99. The first kappa shape index (κ1) is 20.6. The number of hydrogen-bond donors (Lipinski definition) is 0. The summed E-state index contributed by atoms with van der Waals surface area (Å²) in [5, 5.41) is 0.206. The first-order valence-electron chi connectivity index (χ1n) is 9.06. The Labute approximate surface area is 174 Å². The molecule has 1 amide bonds. The zero-order chi connectivity index (χ0) is 20.1. The topological polar surface area (TPSA) is 55.8 Å². The van der Waals surface area contributed by atoms with Crippen LogP contribution in [0.1, 0.15) is 34.6 Å². The molecule has 1 heterocycles. The molecule has 1 saturated heterocycles. The Kier molecular flexibility index (Phi) is 6.86. The van der Waals surface area contributed by atoms with E-state index < -0.39 is 6.04 Å². The maximum Gasteiger partial charge on any atom is 0.329 e. The lowest BCUT2D eigenvalue weighted by atomic mass is 10.1. The van der Waals surface area contributed by atoms with Gasteiger partial charge in [-0.15, -0.1) is 11.8 Å². The molecular weight excluding hydrogens is 398 g/mol. The number of hydrogen-bond acceptors (Lipinski definition) is 5. The normalized spacial score (nSPS) is 18.8. The van der Waals surface area contributed by atoms with E-state index in [0.717, 1.165) is 12.0 Å². The second-order valence-electron chi connectivity index (χ2n) is 6.33. The molecule has 2 aromatic carbocycles. The molecule has 1 fully saturated rings. The zero-order valence-electron chi connectivity index (χ0n) is 15.8. The quantitative estimate of drug-likeness (QED) is 0.642. The molecule has 2 aromatic rings. The second-order valence-corrected chi connectivity index (χ2v) is 7.85. The molecule has 0 aromatic heterocycles. The number of rotatable bonds is 6. The standard InChI is InChI=1S/C21H22ClNO4S/c1-3-12-27-21(25)18-13-28-20(16-6-4-5-7-17(16)22)23(18)19(24)14-8-10-15(26-2)11-9-14/h4-11,18,20H,3,12-13H2,1-2H3. The van der Waals surface area contributed by atoms with Gasteiger partial charge >= 0.3 is 5.97 Å². The van der Waals surface area contributed by atoms with Crippen LogP contribution in [0.15, 0.2) is 48.5 Å². The fourth-order valence-electron chi connectivity index (χ4n) is 3.03. The first-order chi connectivity index (χ1) is 13.6. The second kappa shape index (κ2) is 9.34. The van der Waals surface area contributed by atoms with Crippen LogP contribution in [0.4, 0.5) is 0 Å². The number of carbonyl (C=O) groups is 2. The number of thioether (sulfide) groups is 1. The molecule has 148 valence electrons. The predicted molar refractivity (Wildman–Crippen MR) is 111 cm³/mol. The number of ether oxygens (including phenoxy) is 2. The van der Waals surface area contributed by atoms with E-state index >= 15 is 0 Å². The van der Waals surface area contributed by atoms with Crippen molar-refractivity contribution in [2.45, 2.75) is 24.8 Å².